The van der Waals surface area contributed by atoms with E-state index in [1.807, 2.05) is 0 Å². The SMILES string of the molecule is COc1ccc(N2C(=O)CNC2=O)cn1. The first-order valence-electron chi connectivity index (χ1n) is 4.33. The number of ether oxygens (including phenoxy) is 1. The third-order valence-corrected chi connectivity index (χ3v) is 2.03. The van der Waals surface area contributed by atoms with Crippen LogP contribution in [0.25, 0.3) is 0 Å². The van der Waals surface area contributed by atoms with Crippen molar-refractivity contribution in [2.24, 2.45) is 0 Å². The summed E-state index contributed by atoms with van der Waals surface area (Å²) in [7, 11) is 1.50. The van der Waals surface area contributed by atoms with Gasteiger partial charge in [0.15, 0.2) is 0 Å². The number of carbonyl (C=O) groups is 2. The molecule has 0 saturated carbocycles. The van der Waals surface area contributed by atoms with Crippen molar-refractivity contribution >= 4 is 17.6 Å². The summed E-state index contributed by atoms with van der Waals surface area (Å²) in [6, 6.07) is 2.77. The number of nitrogens with zero attached hydrogens (tertiary/aromatic N) is 2. The summed E-state index contributed by atoms with van der Waals surface area (Å²) in [6.07, 6.45) is 1.42. The Morgan fingerprint density at radius 2 is 2.27 bits per heavy atom. The number of amides is 3. The Morgan fingerprint density at radius 1 is 1.47 bits per heavy atom. The summed E-state index contributed by atoms with van der Waals surface area (Å²) < 4.78 is 4.87. The van der Waals surface area contributed by atoms with Gasteiger partial charge in [-0.1, -0.05) is 0 Å². The zero-order valence-corrected chi connectivity index (χ0v) is 8.06. The van der Waals surface area contributed by atoms with Gasteiger partial charge in [-0.25, -0.2) is 14.7 Å². The van der Waals surface area contributed by atoms with Crippen LogP contribution in [-0.4, -0.2) is 30.6 Å². The minimum atomic E-state index is -0.424. The van der Waals surface area contributed by atoms with E-state index in [0.717, 1.165) is 4.90 Å². The Bertz CT molecular complexity index is 386. The highest BCUT2D eigenvalue weighted by Gasteiger charge is 2.29. The van der Waals surface area contributed by atoms with Crippen LogP contribution in [0.5, 0.6) is 5.88 Å². The van der Waals surface area contributed by atoms with Crippen LogP contribution in [0.4, 0.5) is 10.5 Å². The third-order valence-electron chi connectivity index (χ3n) is 2.03. The van der Waals surface area contributed by atoms with E-state index in [0.29, 0.717) is 11.6 Å². The van der Waals surface area contributed by atoms with Crippen LogP contribution in [-0.2, 0) is 4.79 Å². The summed E-state index contributed by atoms with van der Waals surface area (Å²) in [5.74, 6) is 0.151. The van der Waals surface area contributed by atoms with Gasteiger partial charge in [-0.15, -0.1) is 0 Å². The molecule has 0 bridgehead atoms. The quantitative estimate of drug-likeness (QED) is 0.700. The molecular formula is C9H9N3O3. The average molecular weight is 207 g/mol. The Labute approximate surface area is 85.9 Å². The Morgan fingerprint density at radius 3 is 2.73 bits per heavy atom. The summed E-state index contributed by atoms with van der Waals surface area (Å²) in [6.45, 7) is 0.0326. The summed E-state index contributed by atoms with van der Waals surface area (Å²) >= 11 is 0. The van der Waals surface area contributed by atoms with Crippen LogP contribution >= 0.6 is 0 Å². The highest BCUT2D eigenvalue weighted by Crippen LogP contribution is 2.18. The van der Waals surface area contributed by atoms with Crippen molar-refractivity contribution in [3.8, 4) is 5.88 Å². The number of urea groups is 1. The lowest BCUT2D eigenvalue weighted by Crippen LogP contribution is -2.30. The van der Waals surface area contributed by atoms with Crippen LogP contribution in [0, 0.1) is 0 Å². The number of anilines is 1. The van der Waals surface area contributed by atoms with Gasteiger partial charge < -0.3 is 10.1 Å². The normalized spacial score (nSPS) is 15.4. The molecule has 1 aliphatic rings. The molecule has 6 nitrogen and oxygen atoms in total. The number of rotatable bonds is 2. The van der Waals surface area contributed by atoms with Gasteiger partial charge >= 0.3 is 6.03 Å². The van der Waals surface area contributed by atoms with Crippen molar-refractivity contribution in [1.82, 2.24) is 10.3 Å². The fraction of sp³-hybridized carbons (Fsp3) is 0.222. The largest absolute Gasteiger partial charge is 0.481 e. The Hall–Kier alpha value is -2.11. The number of pyridine rings is 1. The molecular weight excluding hydrogens is 198 g/mol. The molecule has 3 amide bonds. The van der Waals surface area contributed by atoms with Crippen LogP contribution in [0.15, 0.2) is 18.3 Å². The van der Waals surface area contributed by atoms with Crippen LogP contribution < -0.4 is 15.0 Å². The van der Waals surface area contributed by atoms with E-state index in [2.05, 4.69) is 10.3 Å². The summed E-state index contributed by atoms with van der Waals surface area (Å²) in [5.41, 5.74) is 0.441. The zero-order chi connectivity index (χ0) is 10.8. The van der Waals surface area contributed by atoms with Gasteiger partial charge in [-0.2, -0.15) is 0 Å². The molecule has 0 aromatic carbocycles. The lowest BCUT2D eigenvalue weighted by Gasteiger charge is -2.11. The second-order valence-electron chi connectivity index (χ2n) is 2.95. The molecule has 1 aromatic rings. The molecule has 2 rings (SSSR count). The molecule has 15 heavy (non-hydrogen) atoms. The van der Waals surface area contributed by atoms with Crippen molar-refractivity contribution in [1.29, 1.82) is 0 Å². The maximum Gasteiger partial charge on any atom is 0.329 e. The third kappa shape index (κ3) is 1.61. The standard InChI is InChI=1S/C9H9N3O3/c1-15-7-3-2-6(4-10-7)12-8(13)5-11-9(12)14/h2-4H,5H2,1H3,(H,11,14). The molecule has 0 unspecified atom stereocenters. The second-order valence-corrected chi connectivity index (χ2v) is 2.95. The van der Waals surface area contributed by atoms with E-state index < -0.39 is 6.03 Å². The molecule has 1 aliphatic heterocycles. The van der Waals surface area contributed by atoms with Gasteiger partial charge in [0.05, 0.1) is 25.5 Å². The highest BCUT2D eigenvalue weighted by molar-refractivity contribution is 6.19. The first-order chi connectivity index (χ1) is 7.22. The van der Waals surface area contributed by atoms with E-state index in [9.17, 15) is 9.59 Å². The van der Waals surface area contributed by atoms with Crippen LogP contribution in [0.2, 0.25) is 0 Å². The van der Waals surface area contributed by atoms with E-state index in [4.69, 9.17) is 4.74 Å². The number of nitrogens with one attached hydrogen (secondary N) is 1. The number of hydrogen-bond acceptors (Lipinski definition) is 4. The minimum Gasteiger partial charge on any atom is -0.481 e. The van der Waals surface area contributed by atoms with Gasteiger partial charge in [0, 0.05) is 6.07 Å². The predicted molar refractivity (Wildman–Crippen MR) is 51.7 cm³/mol. The Balaban J connectivity index is 2.29. The van der Waals surface area contributed by atoms with Gasteiger partial charge in [0.1, 0.15) is 0 Å². The first kappa shape index (κ1) is 9.45. The van der Waals surface area contributed by atoms with Crippen LogP contribution in [0.1, 0.15) is 0 Å². The predicted octanol–water partition coefficient (Wildman–Crippen LogP) is 0.146. The highest BCUT2D eigenvalue weighted by atomic mass is 16.5. The van der Waals surface area contributed by atoms with Crippen molar-refractivity contribution in [2.75, 3.05) is 18.6 Å². The molecule has 1 aromatic heterocycles. The number of imide groups is 1. The molecule has 2 heterocycles. The lowest BCUT2D eigenvalue weighted by molar-refractivity contribution is -0.115. The fourth-order valence-electron chi connectivity index (χ4n) is 1.31. The number of hydrogen-bond donors (Lipinski definition) is 1. The minimum absolute atomic E-state index is 0.0326. The zero-order valence-electron chi connectivity index (χ0n) is 8.06. The monoisotopic (exact) mass is 207 g/mol. The smallest absolute Gasteiger partial charge is 0.329 e. The molecule has 0 spiro atoms. The van der Waals surface area contributed by atoms with E-state index in [1.165, 1.54) is 13.3 Å². The molecule has 6 heteroatoms. The van der Waals surface area contributed by atoms with Crippen LogP contribution in [0.3, 0.4) is 0 Å². The van der Waals surface area contributed by atoms with Crippen molar-refractivity contribution in [3.05, 3.63) is 18.3 Å². The van der Waals surface area contributed by atoms with Gasteiger partial charge in [0.25, 0.3) is 5.91 Å². The van der Waals surface area contributed by atoms with Gasteiger partial charge in [-0.3, -0.25) is 4.79 Å². The molecule has 0 atom stereocenters. The van der Waals surface area contributed by atoms with E-state index in [1.54, 1.807) is 12.1 Å². The second kappa shape index (κ2) is 3.56. The van der Waals surface area contributed by atoms with Gasteiger partial charge in [0.2, 0.25) is 5.88 Å². The lowest BCUT2D eigenvalue weighted by atomic mass is 10.4. The Kier molecular flexibility index (Phi) is 2.24. The van der Waals surface area contributed by atoms with E-state index in [-0.39, 0.29) is 12.5 Å². The summed E-state index contributed by atoms with van der Waals surface area (Å²) in [5, 5.41) is 2.42. The fourth-order valence-corrected chi connectivity index (χ4v) is 1.31. The molecule has 1 saturated heterocycles. The molecule has 1 N–H and O–H groups in total. The molecule has 0 aliphatic carbocycles. The maximum atomic E-state index is 11.3. The molecule has 78 valence electrons. The number of aromatic nitrogens is 1. The molecule has 1 fully saturated rings. The average Bonchev–Trinajstić information content (AvgIpc) is 2.59. The van der Waals surface area contributed by atoms with Crippen molar-refractivity contribution in [3.63, 3.8) is 0 Å². The first-order valence-corrected chi connectivity index (χ1v) is 4.33. The number of methoxy groups -OCH3 is 1. The summed E-state index contributed by atoms with van der Waals surface area (Å²) in [4.78, 5) is 27.6. The number of carbonyl (C=O) groups excluding carboxylic acids is 2. The van der Waals surface area contributed by atoms with Crippen molar-refractivity contribution in [2.45, 2.75) is 0 Å². The van der Waals surface area contributed by atoms with Gasteiger partial charge in [-0.05, 0) is 6.07 Å². The topological polar surface area (TPSA) is 71.5 Å². The molecule has 0 radical (unpaired) electrons. The van der Waals surface area contributed by atoms with E-state index >= 15 is 0 Å². The maximum absolute atomic E-state index is 11.3. The van der Waals surface area contributed by atoms with Crippen molar-refractivity contribution < 1.29 is 14.3 Å².